The van der Waals surface area contributed by atoms with E-state index in [1.807, 2.05) is 0 Å². The van der Waals surface area contributed by atoms with Crippen LogP contribution in [0, 0.1) is 0 Å². The molecule has 0 fully saturated rings. The van der Waals surface area contributed by atoms with Crippen LogP contribution in [0.3, 0.4) is 0 Å². The molecule has 0 aliphatic carbocycles. The third-order valence-electron chi connectivity index (χ3n) is 2.61. The summed E-state index contributed by atoms with van der Waals surface area (Å²) >= 11 is 12.1. The molecule has 1 heterocycles. The molecule has 0 aliphatic heterocycles. The highest BCUT2D eigenvalue weighted by molar-refractivity contribution is 6.35. The number of nitrogens with two attached hydrogens (primary N) is 1. The number of benzene rings is 1. The Hall–Kier alpha value is -1.79. The van der Waals surface area contributed by atoms with Gasteiger partial charge in [-0.15, -0.1) is 5.10 Å². The third-order valence-corrected chi connectivity index (χ3v) is 3.32. The Bertz CT molecular complexity index is 622. The number of halogens is 2. The van der Waals surface area contributed by atoms with E-state index in [4.69, 9.17) is 33.7 Å². The van der Waals surface area contributed by atoms with Gasteiger partial charge >= 0.3 is 5.97 Å². The molecule has 2 rings (SSSR count). The lowest BCUT2D eigenvalue weighted by Gasteiger charge is -2.07. The number of aromatic nitrogens is 3. The number of anilines is 1. The lowest BCUT2D eigenvalue weighted by atomic mass is 10.2. The van der Waals surface area contributed by atoms with Gasteiger partial charge in [0.15, 0.2) is 5.82 Å². The highest BCUT2D eigenvalue weighted by Gasteiger charge is 2.19. The molecule has 20 heavy (non-hydrogen) atoms. The first-order valence-corrected chi connectivity index (χ1v) is 6.59. The summed E-state index contributed by atoms with van der Waals surface area (Å²) in [4.78, 5) is 11.6. The van der Waals surface area contributed by atoms with Crippen LogP contribution in [0.25, 0.3) is 0 Å². The van der Waals surface area contributed by atoms with Crippen LogP contribution in [0.2, 0.25) is 10.0 Å². The van der Waals surface area contributed by atoms with Gasteiger partial charge in [0.1, 0.15) is 0 Å². The smallest absolute Gasteiger partial charge is 0.362 e. The van der Waals surface area contributed by atoms with Crippen LogP contribution in [0.1, 0.15) is 23.0 Å². The summed E-state index contributed by atoms with van der Waals surface area (Å²) < 4.78 is 6.18. The van der Waals surface area contributed by atoms with Crippen molar-refractivity contribution in [3.05, 3.63) is 39.5 Å². The van der Waals surface area contributed by atoms with Crippen LogP contribution < -0.4 is 5.73 Å². The molecule has 0 amide bonds. The van der Waals surface area contributed by atoms with Crippen LogP contribution in [0.5, 0.6) is 0 Å². The number of carbonyl (C=O) groups is 1. The predicted octanol–water partition coefficient (Wildman–Crippen LogP) is 2.39. The number of hydrogen-bond acceptors (Lipinski definition) is 5. The minimum Gasteiger partial charge on any atom is -0.461 e. The second kappa shape index (κ2) is 6.11. The highest BCUT2D eigenvalue weighted by Crippen LogP contribution is 2.25. The van der Waals surface area contributed by atoms with Gasteiger partial charge in [-0.3, -0.25) is 0 Å². The Kier molecular flexibility index (Phi) is 4.46. The number of hydrogen-bond donors (Lipinski definition) is 1. The molecular weight excluding hydrogens is 303 g/mol. The fourth-order valence-electron chi connectivity index (χ4n) is 1.62. The molecule has 6 nitrogen and oxygen atoms in total. The van der Waals surface area contributed by atoms with Crippen molar-refractivity contribution in [2.45, 2.75) is 13.5 Å². The minimum atomic E-state index is -0.610. The van der Waals surface area contributed by atoms with E-state index in [0.29, 0.717) is 15.6 Å². The normalized spacial score (nSPS) is 10.6. The van der Waals surface area contributed by atoms with E-state index in [1.165, 1.54) is 4.68 Å². The number of nitrogen functional groups attached to an aromatic ring is 1. The van der Waals surface area contributed by atoms with Crippen molar-refractivity contribution in [1.82, 2.24) is 15.0 Å². The summed E-state index contributed by atoms with van der Waals surface area (Å²) in [6.45, 7) is 2.15. The quantitative estimate of drug-likeness (QED) is 0.876. The van der Waals surface area contributed by atoms with Gasteiger partial charge in [0.2, 0.25) is 5.69 Å². The molecule has 2 N–H and O–H groups in total. The molecule has 0 saturated carbocycles. The standard InChI is InChI=1S/C12H12Cl2N4O2/c1-2-20-12(19)10-11(15)18(17-16-10)6-7-8(13)4-3-5-9(7)14/h3-5H,2,6,15H2,1H3. The van der Waals surface area contributed by atoms with Gasteiger partial charge in [-0.05, 0) is 19.1 Å². The molecule has 0 atom stereocenters. The van der Waals surface area contributed by atoms with Gasteiger partial charge in [-0.1, -0.05) is 34.5 Å². The summed E-state index contributed by atoms with van der Waals surface area (Å²) in [5.74, 6) is -0.499. The van der Waals surface area contributed by atoms with Crippen molar-refractivity contribution < 1.29 is 9.53 Å². The topological polar surface area (TPSA) is 83.0 Å². The molecule has 0 bridgehead atoms. The summed E-state index contributed by atoms with van der Waals surface area (Å²) in [5, 5.41) is 8.52. The summed E-state index contributed by atoms with van der Waals surface area (Å²) in [7, 11) is 0. The first-order chi connectivity index (χ1) is 9.54. The predicted molar refractivity (Wildman–Crippen MR) is 76.0 cm³/mol. The second-order valence-corrected chi connectivity index (χ2v) is 4.72. The molecule has 0 radical (unpaired) electrons. The zero-order valence-electron chi connectivity index (χ0n) is 10.6. The van der Waals surface area contributed by atoms with Crippen LogP contribution in [0.15, 0.2) is 18.2 Å². The Balaban J connectivity index is 2.29. The van der Waals surface area contributed by atoms with Gasteiger partial charge in [-0.2, -0.15) is 0 Å². The fraction of sp³-hybridized carbons (Fsp3) is 0.250. The largest absolute Gasteiger partial charge is 0.461 e. The maximum Gasteiger partial charge on any atom is 0.362 e. The van der Waals surface area contributed by atoms with E-state index < -0.39 is 5.97 Å². The van der Waals surface area contributed by atoms with Gasteiger partial charge in [-0.25, -0.2) is 9.48 Å². The molecule has 0 saturated heterocycles. The fourth-order valence-corrected chi connectivity index (χ4v) is 2.13. The van der Waals surface area contributed by atoms with Gasteiger partial charge in [0.05, 0.1) is 13.2 Å². The van der Waals surface area contributed by atoms with E-state index in [9.17, 15) is 4.79 Å². The van der Waals surface area contributed by atoms with Crippen molar-refractivity contribution in [3.63, 3.8) is 0 Å². The Labute approximate surface area is 125 Å². The highest BCUT2D eigenvalue weighted by atomic mass is 35.5. The van der Waals surface area contributed by atoms with Crippen molar-refractivity contribution in [3.8, 4) is 0 Å². The van der Waals surface area contributed by atoms with Crippen molar-refractivity contribution in [1.29, 1.82) is 0 Å². The molecule has 106 valence electrons. The zero-order valence-corrected chi connectivity index (χ0v) is 12.1. The molecular formula is C12H12Cl2N4O2. The van der Waals surface area contributed by atoms with Crippen molar-refractivity contribution in [2.75, 3.05) is 12.3 Å². The van der Waals surface area contributed by atoms with Gasteiger partial charge in [0, 0.05) is 15.6 Å². The Morgan fingerprint density at radius 2 is 2.05 bits per heavy atom. The van der Waals surface area contributed by atoms with Crippen LogP contribution in [-0.4, -0.2) is 27.6 Å². The molecule has 8 heteroatoms. The molecule has 0 aliphatic rings. The SMILES string of the molecule is CCOC(=O)c1nnn(Cc2c(Cl)cccc2Cl)c1N. The average Bonchev–Trinajstić information content (AvgIpc) is 2.76. The minimum absolute atomic E-state index is 0.0185. The number of rotatable bonds is 4. The van der Waals surface area contributed by atoms with E-state index in [1.54, 1.807) is 25.1 Å². The molecule has 0 unspecified atom stereocenters. The molecule has 2 aromatic rings. The van der Waals surface area contributed by atoms with Crippen LogP contribution in [0.4, 0.5) is 5.82 Å². The van der Waals surface area contributed by atoms with E-state index >= 15 is 0 Å². The number of nitrogens with zero attached hydrogens (tertiary/aromatic N) is 3. The monoisotopic (exact) mass is 314 g/mol. The van der Waals surface area contributed by atoms with E-state index in [2.05, 4.69) is 10.3 Å². The maximum absolute atomic E-state index is 11.6. The molecule has 1 aromatic carbocycles. The van der Waals surface area contributed by atoms with Crippen LogP contribution >= 0.6 is 23.2 Å². The number of carbonyl (C=O) groups excluding carboxylic acids is 1. The number of ether oxygens (including phenoxy) is 1. The van der Waals surface area contributed by atoms with Crippen molar-refractivity contribution >= 4 is 35.0 Å². The summed E-state index contributed by atoms with van der Waals surface area (Å²) in [6.07, 6.45) is 0. The zero-order chi connectivity index (χ0) is 14.7. The lowest BCUT2D eigenvalue weighted by Crippen LogP contribution is -2.11. The first-order valence-electron chi connectivity index (χ1n) is 5.83. The Morgan fingerprint density at radius 3 is 2.65 bits per heavy atom. The van der Waals surface area contributed by atoms with E-state index in [-0.39, 0.29) is 24.7 Å². The van der Waals surface area contributed by atoms with Crippen molar-refractivity contribution in [2.24, 2.45) is 0 Å². The number of esters is 1. The molecule has 1 aromatic heterocycles. The van der Waals surface area contributed by atoms with Gasteiger partial charge in [0.25, 0.3) is 0 Å². The Morgan fingerprint density at radius 1 is 1.40 bits per heavy atom. The third kappa shape index (κ3) is 2.86. The lowest BCUT2D eigenvalue weighted by molar-refractivity contribution is 0.0520. The summed E-state index contributed by atoms with van der Waals surface area (Å²) in [6, 6.07) is 5.16. The van der Waals surface area contributed by atoms with Crippen LogP contribution in [-0.2, 0) is 11.3 Å². The maximum atomic E-state index is 11.6. The summed E-state index contributed by atoms with van der Waals surface area (Å²) in [5.41, 5.74) is 6.47. The molecule has 0 spiro atoms. The van der Waals surface area contributed by atoms with Gasteiger partial charge < -0.3 is 10.5 Å². The first kappa shape index (κ1) is 14.6. The second-order valence-electron chi connectivity index (χ2n) is 3.90. The van der Waals surface area contributed by atoms with E-state index in [0.717, 1.165) is 0 Å². The average molecular weight is 315 g/mol.